The van der Waals surface area contributed by atoms with Crippen LogP contribution in [-0.4, -0.2) is 37.8 Å². The third-order valence-electron chi connectivity index (χ3n) is 3.56. The molecule has 0 saturated carbocycles. The molecule has 102 valence electrons. The highest BCUT2D eigenvalue weighted by Gasteiger charge is 2.34. The Labute approximate surface area is 110 Å². The number of nitrogens with zero attached hydrogens (tertiary/aromatic N) is 1. The summed E-state index contributed by atoms with van der Waals surface area (Å²) in [5.74, 6) is 0.945. The standard InChI is InChI=1S/C15H25NO2/c1-6-15(17,12(2)11-16(3)4)13-8-7-9-14(10-13)18-5/h7-10,12,17H,6,11H2,1-5H3/t12-,15-/m1/s1. The quantitative estimate of drug-likeness (QED) is 0.843. The summed E-state index contributed by atoms with van der Waals surface area (Å²) in [6.45, 7) is 4.95. The molecule has 0 amide bonds. The van der Waals surface area contributed by atoms with Gasteiger partial charge in [0.15, 0.2) is 0 Å². The molecule has 0 spiro atoms. The van der Waals surface area contributed by atoms with Gasteiger partial charge in [0, 0.05) is 12.5 Å². The van der Waals surface area contributed by atoms with Gasteiger partial charge >= 0.3 is 0 Å². The van der Waals surface area contributed by atoms with E-state index in [1.165, 1.54) is 0 Å². The molecule has 3 heteroatoms. The molecular formula is C15H25NO2. The van der Waals surface area contributed by atoms with Crippen molar-refractivity contribution in [3.63, 3.8) is 0 Å². The highest BCUT2D eigenvalue weighted by atomic mass is 16.5. The van der Waals surface area contributed by atoms with E-state index in [4.69, 9.17) is 4.74 Å². The molecule has 0 bridgehead atoms. The Morgan fingerprint density at radius 1 is 1.39 bits per heavy atom. The van der Waals surface area contributed by atoms with Crippen LogP contribution in [0.25, 0.3) is 0 Å². The smallest absolute Gasteiger partial charge is 0.119 e. The summed E-state index contributed by atoms with van der Waals surface area (Å²) in [7, 11) is 5.70. The lowest BCUT2D eigenvalue weighted by Crippen LogP contribution is -2.38. The maximum Gasteiger partial charge on any atom is 0.119 e. The molecule has 1 aromatic rings. The zero-order chi connectivity index (χ0) is 13.8. The largest absolute Gasteiger partial charge is 0.497 e. The van der Waals surface area contributed by atoms with Crippen LogP contribution in [0, 0.1) is 5.92 Å². The Morgan fingerprint density at radius 2 is 2.06 bits per heavy atom. The van der Waals surface area contributed by atoms with Crippen molar-refractivity contribution in [2.24, 2.45) is 5.92 Å². The second kappa shape index (κ2) is 6.21. The summed E-state index contributed by atoms with van der Waals surface area (Å²) in [6.07, 6.45) is 0.690. The summed E-state index contributed by atoms with van der Waals surface area (Å²) in [5, 5.41) is 10.9. The number of hydrogen-bond donors (Lipinski definition) is 1. The van der Waals surface area contributed by atoms with Crippen LogP contribution in [0.5, 0.6) is 5.75 Å². The second-order valence-corrected chi connectivity index (χ2v) is 5.17. The molecule has 0 aliphatic carbocycles. The lowest BCUT2D eigenvalue weighted by Gasteiger charge is -2.35. The molecule has 0 aliphatic rings. The van der Waals surface area contributed by atoms with E-state index in [1.54, 1.807) is 7.11 Å². The first kappa shape index (κ1) is 15.0. The Kier molecular flexibility index (Phi) is 5.17. The summed E-state index contributed by atoms with van der Waals surface area (Å²) >= 11 is 0. The van der Waals surface area contributed by atoms with Gasteiger partial charge in [0.2, 0.25) is 0 Å². The van der Waals surface area contributed by atoms with Gasteiger partial charge in [0.1, 0.15) is 5.75 Å². The predicted molar refractivity (Wildman–Crippen MR) is 74.9 cm³/mol. The molecule has 0 saturated heterocycles. The second-order valence-electron chi connectivity index (χ2n) is 5.17. The summed E-state index contributed by atoms with van der Waals surface area (Å²) in [5.41, 5.74) is 0.123. The number of benzene rings is 1. The molecule has 1 aromatic carbocycles. The van der Waals surface area contributed by atoms with Crippen molar-refractivity contribution in [3.05, 3.63) is 29.8 Å². The minimum atomic E-state index is -0.807. The molecule has 1 N–H and O–H groups in total. The zero-order valence-electron chi connectivity index (χ0n) is 12.1. The van der Waals surface area contributed by atoms with E-state index in [1.807, 2.05) is 45.3 Å². The van der Waals surface area contributed by atoms with E-state index in [9.17, 15) is 5.11 Å². The van der Waals surface area contributed by atoms with Crippen LogP contribution in [-0.2, 0) is 5.60 Å². The van der Waals surface area contributed by atoms with Crippen molar-refractivity contribution in [1.29, 1.82) is 0 Å². The normalized spacial score (nSPS) is 16.4. The highest BCUT2D eigenvalue weighted by Crippen LogP contribution is 2.34. The molecule has 1 rings (SSSR count). The van der Waals surface area contributed by atoms with Crippen LogP contribution in [0.4, 0.5) is 0 Å². The fraction of sp³-hybridized carbons (Fsp3) is 0.600. The van der Waals surface area contributed by atoms with Gasteiger partial charge < -0.3 is 14.7 Å². The van der Waals surface area contributed by atoms with Gasteiger partial charge in [0.05, 0.1) is 12.7 Å². The van der Waals surface area contributed by atoms with Crippen LogP contribution >= 0.6 is 0 Å². The molecule has 3 nitrogen and oxygen atoms in total. The lowest BCUT2D eigenvalue weighted by molar-refractivity contribution is -0.0293. The number of aliphatic hydroxyl groups is 1. The fourth-order valence-corrected chi connectivity index (χ4v) is 2.43. The number of ether oxygens (including phenoxy) is 1. The minimum absolute atomic E-state index is 0.157. The average Bonchev–Trinajstić information content (AvgIpc) is 2.37. The van der Waals surface area contributed by atoms with Gasteiger partial charge in [-0.2, -0.15) is 0 Å². The van der Waals surface area contributed by atoms with Gasteiger partial charge in [-0.15, -0.1) is 0 Å². The fourth-order valence-electron chi connectivity index (χ4n) is 2.43. The van der Waals surface area contributed by atoms with Gasteiger partial charge in [0.25, 0.3) is 0 Å². The maximum absolute atomic E-state index is 10.9. The van der Waals surface area contributed by atoms with Gasteiger partial charge in [-0.1, -0.05) is 26.0 Å². The summed E-state index contributed by atoms with van der Waals surface area (Å²) in [6, 6.07) is 7.72. The average molecular weight is 251 g/mol. The van der Waals surface area contributed by atoms with E-state index >= 15 is 0 Å². The Bertz CT molecular complexity index is 379. The highest BCUT2D eigenvalue weighted by molar-refractivity contribution is 5.32. The van der Waals surface area contributed by atoms with Gasteiger partial charge in [-0.25, -0.2) is 0 Å². The topological polar surface area (TPSA) is 32.7 Å². The molecule has 2 atom stereocenters. The zero-order valence-corrected chi connectivity index (χ0v) is 12.1. The van der Waals surface area contributed by atoms with Gasteiger partial charge in [-0.05, 0) is 38.2 Å². The minimum Gasteiger partial charge on any atom is -0.497 e. The Balaban J connectivity index is 3.05. The van der Waals surface area contributed by atoms with Crippen molar-refractivity contribution in [3.8, 4) is 5.75 Å². The van der Waals surface area contributed by atoms with E-state index in [0.29, 0.717) is 6.42 Å². The molecule has 0 aromatic heterocycles. The van der Waals surface area contributed by atoms with Crippen LogP contribution in [0.2, 0.25) is 0 Å². The molecule has 0 heterocycles. The number of methoxy groups -OCH3 is 1. The van der Waals surface area contributed by atoms with Crippen LogP contribution in [0.15, 0.2) is 24.3 Å². The molecule has 0 fully saturated rings. The van der Waals surface area contributed by atoms with E-state index in [2.05, 4.69) is 11.8 Å². The van der Waals surface area contributed by atoms with Crippen molar-refractivity contribution >= 4 is 0 Å². The molecular weight excluding hydrogens is 226 g/mol. The predicted octanol–water partition coefficient (Wildman–Crippen LogP) is 2.49. The Morgan fingerprint density at radius 3 is 2.56 bits per heavy atom. The lowest BCUT2D eigenvalue weighted by atomic mass is 9.80. The maximum atomic E-state index is 10.9. The first-order valence-electron chi connectivity index (χ1n) is 6.45. The van der Waals surface area contributed by atoms with Gasteiger partial charge in [-0.3, -0.25) is 0 Å². The Hall–Kier alpha value is -1.06. The van der Waals surface area contributed by atoms with E-state index in [0.717, 1.165) is 17.9 Å². The van der Waals surface area contributed by atoms with Crippen LogP contribution in [0.3, 0.4) is 0 Å². The summed E-state index contributed by atoms with van der Waals surface area (Å²) < 4.78 is 5.23. The monoisotopic (exact) mass is 251 g/mol. The van der Waals surface area contributed by atoms with Crippen molar-refractivity contribution in [2.75, 3.05) is 27.7 Å². The van der Waals surface area contributed by atoms with Crippen LogP contribution < -0.4 is 4.74 Å². The molecule has 18 heavy (non-hydrogen) atoms. The third-order valence-corrected chi connectivity index (χ3v) is 3.56. The molecule has 0 aliphatic heterocycles. The van der Waals surface area contributed by atoms with E-state index in [-0.39, 0.29) is 5.92 Å². The van der Waals surface area contributed by atoms with Crippen molar-refractivity contribution in [2.45, 2.75) is 25.9 Å². The van der Waals surface area contributed by atoms with Crippen molar-refractivity contribution in [1.82, 2.24) is 4.90 Å². The third kappa shape index (κ3) is 3.24. The SMILES string of the molecule is CC[C@](O)(c1cccc(OC)c1)[C@H](C)CN(C)C. The number of rotatable bonds is 6. The first-order chi connectivity index (χ1) is 8.43. The molecule has 0 unspecified atom stereocenters. The van der Waals surface area contributed by atoms with Crippen LogP contribution in [0.1, 0.15) is 25.8 Å². The van der Waals surface area contributed by atoms with Crippen molar-refractivity contribution < 1.29 is 9.84 Å². The summed E-state index contributed by atoms with van der Waals surface area (Å²) in [4.78, 5) is 2.10. The first-order valence-corrected chi connectivity index (χ1v) is 6.45. The van der Waals surface area contributed by atoms with E-state index < -0.39 is 5.60 Å². The number of hydrogen-bond acceptors (Lipinski definition) is 3. The molecule has 0 radical (unpaired) electrons.